The number of nitrogens with zero attached hydrogens (tertiary/aromatic N) is 1. The maximum Gasteiger partial charge on any atom is 0.119 e. The minimum Gasteiger partial charge on any atom is -0.497 e. The van der Waals surface area contributed by atoms with Crippen molar-refractivity contribution in [2.75, 3.05) is 19.4 Å². The third kappa shape index (κ3) is 5.12. The van der Waals surface area contributed by atoms with Crippen molar-refractivity contribution in [2.45, 2.75) is 24.3 Å². The molecule has 1 atom stereocenters. The molecule has 0 saturated heterocycles. The monoisotopic (exact) mass is 250 g/mol. The van der Waals surface area contributed by atoms with Crippen molar-refractivity contribution in [3.63, 3.8) is 0 Å². The summed E-state index contributed by atoms with van der Waals surface area (Å²) in [4.78, 5) is 1.18. The Hall–Kier alpha value is -1.18. The van der Waals surface area contributed by atoms with Gasteiger partial charge in [-0.25, -0.2) is 0 Å². The molecule has 1 N–H and O–H groups in total. The fraction of sp³-hybridized carbons (Fsp3) is 0.462. The van der Waals surface area contributed by atoms with E-state index in [0.717, 1.165) is 24.5 Å². The Kier molecular flexibility index (Phi) is 6.53. The summed E-state index contributed by atoms with van der Waals surface area (Å²) >= 11 is 1.75. The fourth-order valence-corrected chi connectivity index (χ4v) is 2.41. The minimum absolute atomic E-state index is 0.0434. The summed E-state index contributed by atoms with van der Waals surface area (Å²) in [7, 11) is 1.67. The van der Waals surface area contributed by atoms with E-state index in [1.165, 1.54) is 4.90 Å². The summed E-state index contributed by atoms with van der Waals surface area (Å²) in [5, 5.41) is 12.0. The summed E-state index contributed by atoms with van der Waals surface area (Å²) in [6.45, 7) is 2.85. The molecule has 1 rings (SSSR count). The third-order valence-corrected chi connectivity index (χ3v) is 3.35. The number of benzene rings is 1. The Bertz CT molecular complexity index is 376. The molecule has 1 aromatic rings. The van der Waals surface area contributed by atoms with E-state index in [9.17, 15) is 0 Å². The molecule has 0 saturated carbocycles. The number of hydrogen-bond acceptors (Lipinski definition) is 4. The van der Waals surface area contributed by atoms with Crippen molar-refractivity contribution in [1.82, 2.24) is 5.32 Å². The maximum absolute atomic E-state index is 8.89. The minimum atomic E-state index is -0.0434. The molecule has 0 aliphatic heterocycles. The second kappa shape index (κ2) is 7.99. The number of nitrogens with one attached hydrogen (secondary N) is 1. The zero-order valence-corrected chi connectivity index (χ0v) is 11.1. The summed E-state index contributed by atoms with van der Waals surface area (Å²) in [6.07, 6.45) is 0.853. The van der Waals surface area contributed by atoms with Crippen LogP contribution in [0.4, 0.5) is 0 Å². The lowest BCUT2D eigenvalue weighted by Crippen LogP contribution is -2.27. The molecule has 4 heteroatoms. The first-order chi connectivity index (χ1) is 8.30. The molecule has 1 unspecified atom stereocenters. The second-order valence-electron chi connectivity index (χ2n) is 3.56. The molecular weight excluding hydrogens is 232 g/mol. The Morgan fingerprint density at radius 1 is 1.53 bits per heavy atom. The molecule has 92 valence electrons. The molecule has 0 bridgehead atoms. The van der Waals surface area contributed by atoms with Crippen LogP contribution in [-0.4, -0.2) is 25.4 Å². The first kappa shape index (κ1) is 13.9. The van der Waals surface area contributed by atoms with Gasteiger partial charge in [-0.2, -0.15) is 5.26 Å². The Balaban J connectivity index is 2.37. The second-order valence-corrected chi connectivity index (χ2v) is 4.72. The van der Waals surface area contributed by atoms with E-state index < -0.39 is 0 Å². The summed E-state index contributed by atoms with van der Waals surface area (Å²) in [6, 6.07) is 10.2. The van der Waals surface area contributed by atoms with Crippen LogP contribution < -0.4 is 10.1 Å². The van der Waals surface area contributed by atoms with Crippen molar-refractivity contribution in [2.24, 2.45) is 0 Å². The number of hydrogen-bond donors (Lipinski definition) is 1. The van der Waals surface area contributed by atoms with Crippen LogP contribution in [0.1, 0.15) is 13.3 Å². The molecule has 17 heavy (non-hydrogen) atoms. The summed E-state index contributed by atoms with van der Waals surface area (Å²) in [5.74, 6) is 1.80. The molecule has 0 heterocycles. The highest BCUT2D eigenvalue weighted by Gasteiger charge is 2.05. The van der Waals surface area contributed by atoms with Crippen LogP contribution in [0.3, 0.4) is 0 Å². The molecule has 3 nitrogen and oxygen atoms in total. The van der Waals surface area contributed by atoms with Gasteiger partial charge in [-0.15, -0.1) is 11.8 Å². The first-order valence-corrected chi connectivity index (χ1v) is 6.68. The highest BCUT2D eigenvalue weighted by molar-refractivity contribution is 7.99. The topological polar surface area (TPSA) is 45.0 Å². The van der Waals surface area contributed by atoms with Gasteiger partial charge in [0.25, 0.3) is 0 Å². The quantitative estimate of drug-likeness (QED) is 0.756. The largest absolute Gasteiger partial charge is 0.497 e. The van der Waals surface area contributed by atoms with Crippen LogP contribution in [0.25, 0.3) is 0 Å². The van der Waals surface area contributed by atoms with Crippen LogP contribution in [-0.2, 0) is 0 Å². The summed E-state index contributed by atoms with van der Waals surface area (Å²) in [5.41, 5.74) is 0. The van der Waals surface area contributed by atoms with Gasteiger partial charge in [0.2, 0.25) is 0 Å². The van der Waals surface area contributed by atoms with Crippen molar-refractivity contribution in [3.05, 3.63) is 24.3 Å². The molecule has 0 aromatic heterocycles. The molecule has 0 aliphatic carbocycles. The van der Waals surface area contributed by atoms with Gasteiger partial charge in [-0.1, -0.05) is 13.0 Å². The first-order valence-electron chi connectivity index (χ1n) is 5.70. The maximum atomic E-state index is 8.89. The smallest absolute Gasteiger partial charge is 0.119 e. The van der Waals surface area contributed by atoms with E-state index in [-0.39, 0.29) is 6.04 Å². The van der Waals surface area contributed by atoms with Crippen molar-refractivity contribution >= 4 is 11.8 Å². The average Bonchev–Trinajstić information content (AvgIpc) is 2.38. The van der Waals surface area contributed by atoms with E-state index in [1.54, 1.807) is 18.9 Å². The van der Waals surface area contributed by atoms with E-state index >= 15 is 0 Å². The highest BCUT2D eigenvalue weighted by Crippen LogP contribution is 2.23. The van der Waals surface area contributed by atoms with Crippen molar-refractivity contribution in [1.29, 1.82) is 5.26 Å². The molecular formula is C13H18N2OS. The van der Waals surface area contributed by atoms with Gasteiger partial charge in [0.15, 0.2) is 0 Å². The fourth-order valence-electron chi connectivity index (χ4n) is 1.44. The number of thioether (sulfide) groups is 1. The van der Waals surface area contributed by atoms with Crippen LogP contribution in [0.5, 0.6) is 5.75 Å². The average molecular weight is 250 g/mol. The van der Waals surface area contributed by atoms with Gasteiger partial charge in [-0.05, 0) is 31.2 Å². The van der Waals surface area contributed by atoms with Crippen molar-refractivity contribution in [3.8, 4) is 11.8 Å². The standard InChI is InChI=1S/C13H18N2OS/c1-3-15-11(10-14)7-8-17-13-6-4-5-12(9-13)16-2/h4-6,9,11,15H,3,7-8H2,1-2H3. The molecule has 0 fully saturated rings. The zero-order chi connectivity index (χ0) is 12.5. The Morgan fingerprint density at radius 3 is 3.00 bits per heavy atom. The van der Waals surface area contributed by atoms with Gasteiger partial charge in [0.1, 0.15) is 5.75 Å². The number of methoxy groups -OCH3 is 1. The molecule has 0 radical (unpaired) electrons. The van der Waals surface area contributed by atoms with Crippen LogP contribution in [0.15, 0.2) is 29.2 Å². The SMILES string of the molecule is CCNC(C#N)CCSc1cccc(OC)c1. The van der Waals surface area contributed by atoms with Crippen LogP contribution in [0, 0.1) is 11.3 Å². The van der Waals surface area contributed by atoms with Crippen LogP contribution in [0.2, 0.25) is 0 Å². The molecule has 0 amide bonds. The van der Waals surface area contributed by atoms with Gasteiger partial charge in [0.05, 0.1) is 19.2 Å². The van der Waals surface area contributed by atoms with Gasteiger partial charge < -0.3 is 10.1 Å². The normalized spacial score (nSPS) is 11.8. The molecule has 0 aliphatic rings. The predicted octanol–water partition coefficient (Wildman–Crippen LogP) is 2.68. The van der Waals surface area contributed by atoms with E-state index in [4.69, 9.17) is 10.00 Å². The highest BCUT2D eigenvalue weighted by atomic mass is 32.2. The van der Waals surface area contributed by atoms with E-state index in [0.29, 0.717) is 0 Å². The van der Waals surface area contributed by atoms with E-state index in [1.807, 2.05) is 25.1 Å². The Labute approximate surface area is 107 Å². The molecule has 1 aromatic carbocycles. The third-order valence-electron chi connectivity index (χ3n) is 2.32. The number of ether oxygens (including phenoxy) is 1. The van der Waals surface area contributed by atoms with Gasteiger partial charge in [0, 0.05) is 10.6 Å². The molecule has 0 spiro atoms. The predicted molar refractivity (Wildman–Crippen MR) is 71.4 cm³/mol. The van der Waals surface area contributed by atoms with E-state index in [2.05, 4.69) is 17.5 Å². The van der Waals surface area contributed by atoms with Crippen molar-refractivity contribution < 1.29 is 4.74 Å². The number of nitriles is 1. The zero-order valence-electron chi connectivity index (χ0n) is 10.3. The number of rotatable bonds is 7. The lowest BCUT2D eigenvalue weighted by molar-refractivity contribution is 0.413. The lowest BCUT2D eigenvalue weighted by atomic mass is 10.2. The lowest BCUT2D eigenvalue weighted by Gasteiger charge is -2.09. The van der Waals surface area contributed by atoms with Crippen LogP contribution >= 0.6 is 11.8 Å². The summed E-state index contributed by atoms with van der Waals surface area (Å²) < 4.78 is 5.16. The van der Waals surface area contributed by atoms with Gasteiger partial charge in [-0.3, -0.25) is 0 Å². The van der Waals surface area contributed by atoms with Gasteiger partial charge >= 0.3 is 0 Å². The Morgan fingerprint density at radius 2 is 2.35 bits per heavy atom.